The summed E-state index contributed by atoms with van der Waals surface area (Å²) in [6.45, 7) is 4.84. The molecule has 0 bridgehead atoms. The summed E-state index contributed by atoms with van der Waals surface area (Å²) in [7, 11) is 1.20. The number of carbonyl (C=O) groups excluding carboxylic acids is 2. The molecule has 0 aromatic heterocycles. The van der Waals surface area contributed by atoms with Crippen LogP contribution in [0.3, 0.4) is 0 Å². The van der Waals surface area contributed by atoms with Crippen LogP contribution in [0, 0.1) is 0 Å². The fourth-order valence-corrected chi connectivity index (χ4v) is 1.20. The van der Waals surface area contributed by atoms with Gasteiger partial charge in [0.25, 0.3) is 0 Å². The Bertz CT molecular complexity index is 274. The van der Waals surface area contributed by atoms with Gasteiger partial charge in [-0.25, -0.2) is 4.79 Å². The molecule has 0 aliphatic heterocycles. The fraction of sp³-hybridized carbons (Fsp3) is 0.800. The molecule has 0 radical (unpaired) electrons. The third-order valence-electron chi connectivity index (χ3n) is 2.15. The minimum absolute atomic E-state index is 0.0139. The highest BCUT2D eigenvalue weighted by molar-refractivity contribution is 5.79. The number of carbonyl (C=O) groups is 2. The molecule has 0 aromatic carbocycles. The van der Waals surface area contributed by atoms with Crippen molar-refractivity contribution in [2.24, 2.45) is 5.73 Å². The number of methoxy groups -OCH3 is 1. The van der Waals surface area contributed by atoms with Crippen LogP contribution < -0.4 is 11.1 Å². The largest absolute Gasteiger partial charge is 0.467 e. The van der Waals surface area contributed by atoms with Crippen molar-refractivity contribution in [3.8, 4) is 0 Å². The van der Waals surface area contributed by atoms with Gasteiger partial charge >= 0.3 is 5.97 Å². The van der Waals surface area contributed by atoms with Gasteiger partial charge in [-0.2, -0.15) is 0 Å². The molecule has 0 fully saturated rings. The van der Waals surface area contributed by atoms with E-state index in [0.717, 1.165) is 0 Å². The summed E-state index contributed by atoms with van der Waals surface area (Å²) in [4.78, 5) is 21.9. The Hall–Kier alpha value is -1.14. The summed E-state index contributed by atoms with van der Waals surface area (Å²) in [6.07, 6.45) is 0.115. The third kappa shape index (κ3) is 5.09. The second-order valence-electron chi connectivity index (χ2n) is 4.65. The van der Waals surface area contributed by atoms with E-state index in [0.29, 0.717) is 0 Å². The van der Waals surface area contributed by atoms with Crippen LogP contribution in [-0.4, -0.2) is 41.8 Å². The molecule has 0 aliphatic carbocycles. The van der Waals surface area contributed by atoms with E-state index in [-0.39, 0.29) is 13.0 Å². The van der Waals surface area contributed by atoms with Crippen LogP contribution in [0.1, 0.15) is 27.2 Å². The van der Waals surface area contributed by atoms with Gasteiger partial charge in [-0.1, -0.05) is 0 Å². The monoisotopic (exact) mass is 232 g/mol. The lowest BCUT2D eigenvalue weighted by molar-refractivity contribution is -0.160. The number of amides is 1. The van der Waals surface area contributed by atoms with Gasteiger partial charge in [0.1, 0.15) is 0 Å². The van der Waals surface area contributed by atoms with E-state index >= 15 is 0 Å². The first-order chi connectivity index (χ1) is 7.10. The molecule has 0 saturated carbocycles. The van der Waals surface area contributed by atoms with Gasteiger partial charge in [0.2, 0.25) is 5.91 Å². The summed E-state index contributed by atoms with van der Waals surface area (Å²) in [5, 5.41) is 12.6. The average molecular weight is 232 g/mol. The van der Waals surface area contributed by atoms with Crippen molar-refractivity contribution in [3.05, 3.63) is 0 Å². The molecular formula is C10H20N2O4. The van der Waals surface area contributed by atoms with Crippen LogP contribution in [0.5, 0.6) is 0 Å². The number of nitrogens with two attached hydrogens (primary N) is 1. The Morgan fingerprint density at radius 3 is 2.25 bits per heavy atom. The molecule has 0 spiro atoms. The van der Waals surface area contributed by atoms with Crippen molar-refractivity contribution in [3.63, 3.8) is 0 Å². The van der Waals surface area contributed by atoms with E-state index in [1.165, 1.54) is 14.0 Å². The second-order valence-corrected chi connectivity index (χ2v) is 4.65. The minimum atomic E-state index is -1.62. The Balaban J connectivity index is 4.33. The molecular weight excluding hydrogens is 212 g/mol. The van der Waals surface area contributed by atoms with Crippen LogP contribution >= 0.6 is 0 Å². The number of primary amides is 1. The fourth-order valence-electron chi connectivity index (χ4n) is 1.20. The highest BCUT2D eigenvalue weighted by Gasteiger charge is 2.33. The van der Waals surface area contributed by atoms with Crippen molar-refractivity contribution >= 4 is 11.9 Å². The summed E-state index contributed by atoms with van der Waals surface area (Å²) < 4.78 is 4.44. The van der Waals surface area contributed by atoms with Gasteiger partial charge < -0.3 is 20.9 Å². The molecule has 0 rings (SSSR count). The van der Waals surface area contributed by atoms with Gasteiger partial charge in [-0.3, -0.25) is 4.79 Å². The molecule has 0 saturated heterocycles. The van der Waals surface area contributed by atoms with Crippen LogP contribution in [-0.2, 0) is 14.3 Å². The van der Waals surface area contributed by atoms with Crippen LogP contribution in [0.15, 0.2) is 0 Å². The molecule has 4 N–H and O–H groups in total. The Morgan fingerprint density at radius 2 is 1.88 bits per heavy atom. The highest BCUT2D eigenvalue weighted by Crippen LogP contribution is 2.11. The van der Waals surface area contributed by atoms with Crippen LogP contribution in [0.2, 0.25) is 0 Å². The third-order valence-corrected chi connectivity index (χ3v) is 2.15. The van der Waals surface area contributed by atoms with Crippen molar-refractivity contribution in [1.29, 1.82) is 0 Å². The number of hydrogen-bond donors (Lipinski definition) is 3. The molecule has 16 heavy (non-hydrogen) atoms. The maximum atomic E-state index is 11.2. The van der Waals surface area contributed by atoms with Gasteiger partial charge in [0, 0.05) is 18.5 Å². The summed E-state index contributed by atoms with van der Waals surface area (Å²) in [5.41, 5.74) is 2.87. The average Bonchev–Trinajstić information content (AvgIpc) is 2.12. The number of aliphatic hydroxyl groups is 1. The van der Waals surface area contributed by atoms with E-state index in [2.05, 4.69) is 10.1 Å². The Kier molecular flexibility index (Phi) is 4.89. The first-order valence-corrected chi connectivity index (χ1v) is 4.95. The number of rotatable bonds is 6. The zero-order chi connectivity index (χ0) is 13.0. The van der Waals surface area contributed by atoms with Crippen molar-refractivity contribution in [1.82, 2.24) is 5.32 Å². The number of hydrogen-bond acceptors (Lipinski definition) is 5. The number of ether oxygens (including phenoxy) is 1. The number of nitrogens with one attached hydrogen (secondary N) is 1. The van der Waals surface area contributed by atoms with Crippen molar-refractivity contribution in [2.45, 2.75) is 38.3 Å². The van der Waals surface area contributed by atoms with Gasteiger partial charge in [-0.15, -0.1) is 0 Å². The second kappa shape index (κ2) is 5.27. The molecule has 0 heterocycles. The van der Waals surface area contributed by atoms with Crippen LogP contribution in [0.25, 0.3) is 0 Å². The van der Waals surface area contributed by atoms with Gasteiger partial charge in [0.15, 0.2) is 5.60 Å². The lowest BCUT2D eigenvalue weighted by atomic mass is 9.98. The molecule has 0 aromatic rings. The van der Waals surface area contributed by atoms with E-state index in [4.69, 9.17) is 5.73 Å². The summed E-state index contributed by atoms with van der Waals surface area (Å²) in [6, 6.07) is 0. The lowest BCUT2D eigenvalue weighted by Gasteiger charge is -2.29. The smallest absolute Gasteiger partial charge is 0.338 e. The molecule has 1 amide bonds. The molecule has 1 unspecified atom stereocenters. The zero-order valence-corrected chi connectivity index (χ0v) is 10.2. The maximum Gasteiger partial charge on any atom is 0.338 e. The molecule has 94 valence electrons. The predicted octanol–water partition coefficient (Wildman–Crippen LogP) is -0.846. The van der Waals surface area contributed by atoms with Crippen molar-refractivity contribution < 1.29 is 19.4 Å². The van der Waals surface area contributed by atoms with Gasteiger partial charge in [-0.05, 0) is 20.8 Å². The van der Waals surface area contributed by atoms with Crippen molar-refractivity contribution in [2.75, 3.05) is 13.7 Å². The molecule has 6 nitrogen and oxygen atoms in total. The Morgan fingerprint density at radius 1 is 1.38 bits per heavy atom. The summed E-state index contributed by atoms with van der Waals surface area (Å²) in [5.74, 6) is -1.18. The molecule has 6 heteroatoms. The standard InChI is InChI=1S/C10H20N2O4/c1-9(2,5-7(11)13)12-6-10(3,15)8(14)16-4/h12,15H,5-6H2,1-4H3,(H2,11,13). The first kappa shape index (κ1) is 14.9. The number of β-amino-alcohol motifs (C(OH)–C–C–N with tert-alkyl or cyclic N) is 1. The maximum absolute atomic E-state index is 11.2. The molecule has 0 aliphatic rings. The zero-order valence-electron chi connectivity index (χ0n) is 10.2. The normalized spacial score (nSPS) is 15.3. The van der Waals surface area contributed by atoms with E-state index in [9.17, 15) is 14.7 Å². The van der Waals surface area contributed by atoms with E-state index in [1.807, 2.05) is 0 Å². The van der Waals surface area contributed by atoms with E-state index in [1.54, 1.807) is 13.8 Å². The van der Waals surface area contributed by atoms with Crippen LogP contribution in [0.4, 0.5) is 0 Å². The predicted molar refractivity (Wildman–Crippen MR) is 58.5 cm³/mol. The Labute approximate surface area is 95.1 Å². The molecule has 1 atom stereocenters. The SMILES string of the molecule is COC(=O)C(C)(O)CNC(C)(C)CC(N)=O. The number of esters is 1. The summed E-state index contributed by atoms with van der Waals surface area (Å²) >= 11 is 0. The minimum Gasteiger partial charge on any atom is -0.467 e. The highest BCUT2D eigenvalue weighted by atomic mass is 16.5. The first-order valence-electron chi connectivity index (χ1n) is 4.95. The van der Waals surface area contributed by atoms with E-state index < -0.39 is 23.0 Å². The van der Waals surface area contributed by atoms with Gasteiger partial charge in [0.05, 0.1) is 7.11 Å². The topological polar surface area (TPSA) is 102 Å². The quantitative estimate of drug-likeness (QED) is 0.518. The lowest BCUT2D eigenvalue weighted by Crippen LogP contribution is -2.52.